The van der Waals surface area contributed by atoms with Gasteiger partial charge >= 0.3 is 0 Å². The monoisotopic (exact) mass is 321 g/mol. The average molecular weight is 321 g/mol. The number of piperazine rings is 1. The van der Waals surface area contributed by atoms with Crippen molar-refractivity contribution < 1.29 is 4.39 Å². The molecule has 0 radical (unpaired) electrons. The van der Waals surface area contributed by atoms with Gasteiger partial charge in [0, 0.05) is 45.5 Å². The van der Waals surface area contributed by atoms with E-state index in [2.05, 4.69) is 29.0 Å². The number of anilines is 2. The molecule has 1 aromatic rings. The topological polar surface area (TPSA) is 18.5 Å². The summed E-state index contributed by atoms with van der Waals surface area (Å²) in [5.41, 5.74) is 1.56. The molecule has 0 saturated carbocycles. The van der Waals surface area contributed by atoms with Gasteiger partial charge in [-0.2, -0.15) is 0 Å². The molecule has 1 aromatic carbocycles. The Kier molecular flexibility index (Phi) is 7.15. The number of benzene rings is 1. The van der Waals surface area contributed by atoms with Gasteiger partial charge in [0.1, 0.15) is 5.82 Å². The minimum atomic E-state index is -0.125. The van der Waals surface area contributed by atoms with Gasteiger partial charge < -0.3 is 10.2 Å². The van der Waals surface area contributed by atoms with Crippen molar-refractivity contribution in [2.45, 2.75) is 39.5 Å². The predicted molar refractivity (Wildman–Crippen MR) is 97.9 cm³/mol. The van der Waals surface area contributed by atoms with Crippen molar-refractivity contribution in [3.8, 4) is 0 Å². The van der Waals surface area contributed by atoms with Crippen LogP contribution in [0.3, 0.4) is 0 Å². The maximum absolute atomic E-state index is 14.2. The van der Waals surface area contributed by atoms with E-state index in [0.29, 0.717) is 0 Å². The van der Waals surface area contributed by atoms with Crippen molar-refractivity contribution in [3.63, 3.8) is 0 Å². The molecule has 1 aliphatic heterocycles. The van der Waals surface area contributed by atoms with Crippen LogP contribution in [0.25, 0.3) is 0 Å². The SMILES string of the molecule is CCCC(CCC)CN1CCN(c2ccc(NC)cc2F)CC1. The molecule has 23 heavy (non-hydrogen) atoms. The van der Waals surface area contributed by atoms with Gasteiger partial charge in [0.05, 0.1) is 5.69 Å². The van der Waals surface area contributed by atoms with Crippen LogP contribution in [0.15, 0.2) is 18.2 Å². The van der Waals surface area contributed by atoms with Crippen LogP contribution in [-0.4, -0.2) is 44.7 Å². The van der Waals surface area contributed by atoms with E-state index in [-0.39, 0.29) is 5.82 Å². The van der Waals surface area contributed by atoms with Gasteiger partial charge in [-0.15, -0.1) is 0 Å². The minimum Gasteiger partial charge on any atom is -0.388 e. The summed E-state index contributed by atoms with van der Waals surface area (Å²) in [4.78, 5) is 4.74. The van der Waals surface area contributed by atoms with Gasteiger partial charge in [-0.1, -0.05) is 26.7 Å². The zero-order valence-corrected chi connectivity index (χ0v) is 14.9. The lowest BCUT2D eigenvalue weighted by atomic mass is 9.97. The van der Waals surface area contributed by atoms with Crippen LogP contribution in [0.5, 0.6) is 0 Å². The number of hydrogen-bond donors (Lipinski definition) is 1. The van der Waals surface area contributed by atoms with E-state index in [1.165, 1.54) is 32.2 Å². The van der Waals surface area contributed by atoms with Crippen molar-refractivity contribution in [2.75, 3.05) is 50.0 Å². The Balaban J connectivity index is 1.88. The standard InChI is InChI=1S/C19H32FN3/c1-4-6-16(7-5-2)15-22-10-12-23(13-11-22)19-9-8-17(21-3)14-18(19)20/h8-9,14,16,21H,4-7,10-13,15H2,1-3H3. The Morgan fingerprint density at radius 2 is 1.74 bits per heavy atom. The number of nitrogens with zero attached hydrogens (tertiary/aromatic N) is 2. The number of nitrogens with one attached hydrogen (secondary N) is 1. The second kappa shape index (κ2) is 9.11. The summed E-state index contributed by atoms with van der Waals surface area (Å²) in [5, 5.41) is 2.98. The first-order valence-electron chi connectivity index (χ1n) is 9.12. The third kappa shape index (κ3) is 5.10. The Bertz CT molecular complexity index is 464. The number of halogens is 1. The van der Waals surface area contributed by atoms with E-state index in [1.54, 1.807) is 6.07 Å². The van der Waals surface area contributed by atoms with Gasteiger partial charge in [0.15, 0.2) is 0 Å². The first-order chi connectivity index (χ1) is 11.2. The van der Waals surface area contributed by atoms with Gasteiger partial charge in [-0.05, 0) is 37.0 Å². The molecule has 0 atom stereocenters. The van der Waals surface area contributed by atoms with Crippen LogP contribution in [0.2, 0.25) is 0 Å². The molecule has 3 nitrogen and oxygen atoms in total. The predicted octanol–water partition coefficient (Wildman–Crippen LogP) is 4.21. The largest absolute Gasteiger partial charge is 0.388 e. The van der Waals surface area contributed by atoms with E-state index in [0.717, 1.165) is 43.5 Å². The molecule has 0 aromatic heterocycles. The summed E-state index contributed by atoms with van der Waals surface area (Å²) in [6, 6.07) is 5.43. The molecule has 2 rings (SSSR count). The van der Waals surface area contributed by atoms with E-state index in [1.807, 2.05) is 19.2 Å². The van der Waals surface area contributed by atoms with Crippen LogP contribution < -0.4 is 10.2 Å². The van der Waals surface area contributed by atoms with Crippen molar-refractivity contribution in [1.29, 1.82) is 0 Å². The molecule has 1 heterocycles. The molecule has 0 amide bonds. The molecule has 0 spiro atoms. The normalized spacial score (nSPS) is 16.1. The van der Waals surface area contributed by atoms with Crippen molar-refractivity contribution >= 4 is 11.4 Å². The second-order valence-electron chi connectivity index (χ2n) is 6.65. The van der Waals surface area contributed by atoms with Gasteiger partial charge in [-0.3, -0.25) is 4.90 Å². The molecule has 1 saturated heterocycles. The van der Waals surface area contributed by atoms with Crippen molar-refractivity contribution in [2.24, 2.45) is 5.92 Å². The Labute approximate surface area is 140 Å². The molecule has 1 aliphatic rings. The lowest BCUT2D eigenvalue weighted by Gasteiger charge is -2.37. The molecule has 0 aliphatic carbocycles. The highest BCUT2D eigenvalue weighted by atomic mass is 19.1. The Hall–Kier alpha value is -1.29. The quantitative estimate of drug-likeness (QED) is 0.774. The zero-order valence-electron chi connectivity index (χ0n) is 14.9. The molecule has 130 valence electrons. The lowest BCUT2D eigenvalue weighted by molar-refractivity contribution is 0.205. The van der Waals surface area contributed by atoms with Crippen molar-refractivity contribution in [3.05, 3.63) is 24.0 Å². The second-order valence-corrected chi connectivity index (χ2v) is 6.65. The van der Waals surface area contributed by atoms with Gasteiger partial charge in [-0.25, -0.2) is 4.39 Å². The molecular weight excluding hydrogens is 289 g/mol. The summed E-state index contributed by atoms with van der Waals surface area (Å²) in [6.45, 7) is 9.67. The Morgan fingerprint density at radius 3 is 2.26 bits per heavy atom. The van der Waals surface area contributed by atoms with E-state index < -0.39 is 0 Å². The summed E-state index contributed by atoms with van der Waals surface area (Å²) in [5.74, 6) is 0.698. The Morgan fingerprint density at radius 1 is 1.09 bits per heavy atom. The molecule has 1 fully saturated rings. The maximum Gasteiger partial charge on any atom is 0.148 e. The third-order valence-corrected chi connectivity index (χ3v) is 4.86. The van der Waals surface area contributed by atoms with Crippen LogP contribution in [-0.2, 0) is 0 Å². The first-order valence-corrected chi connectivity index (χ1v) is 9.12. The summed E-state index contributed by atoms with van der Waals surface area (Å²) >= 11 is 0. The van der Waals surface area contributed by atoms with Crippen LogP contribution in [0, 0.1) is 11.7 Å². The lowest BCUT2D eigenvalue weighted by Crippen LogP contribution is -2.48. The van der Waals surface area contributed by atoms with E-state index in [9.17, 15) is 4.39 Å². The molecule has 4 heteroatoms. The minimum absolute atomic E-state index is 0.125. The van der Waals surface area contributed by atoms with Crippen LogP contribution in [0.1, 0.15) is 39.5 Å². The third-order valence-electron chi connectivity index (χ3n) is 4.86. The fourth-order valence-corrected chi connectivity index (χ4v) is 3.60. The van der Waals surface area contributed by atoms with E-state index in [4.69, 9.17) is 0 Å². The summed E-state index contributed by atoms with van der Waals surface area (Å²) in [6.07, 6.45) is 5.20. The van der Waals surface area contributed by atoms with Crippen molar-refractivity contribution in [1.82, 2.24) is 4.90 Å². The fraction of sp³-hybridized carbons (Fsp3) is 0.684. The summed E-state index contributed by atoms with van der Waals surface area (Å²) in [7, 11) is 1.82. The van der Waals surface area contributed by atoms with E-state index >= 15 is 0 Å². The zero-order chi connectivity index (χ0) is 16.7. The first kappa shape index (κ1) is 18.1. The molecule has 0 bridgehead atoms. The average Bonchev–Trinajstić information content (AvgIpc) is 2.56. The fourth-order valence-electron chi connectivity index (χ4n) is 3.60. The maximum atomic E-state index is 14.2. The molecule has 1 N–H and O–H groups in total. The molecule has 0 unspecified atom stereocenters. The van der Waals surface area contributed by atoms with Crippen LogP contribution >= 0.6 is 0 Å². The highest BCUT2D eigenvalue weighted by Gasteiger charge is 2.21. The number of hydrogen-bond acceptors (Lipinski definition) is 3. The summed E-state index contributed by atoms with van der Waals surface area (Å²) < 4.78 is 14.2. The van der Waals surface area contributed by atoms with Gasteiger partial charge in [0.2, 0.25) is 0 Å². The van der Waals surface area contributed by atoms with Crippen LogP contribution in [0.4, 0.5) is 15.8 Å². The smallest absolute Gasteiger partial charge is 0.148 e. The number of rotatable bonds is 8. The highest BCUT2D eigenvalue weighted by molar-refractivity contribution is 5.56. The highest BCUT2D eigenvalue weighted by Crippen LogP contribution is 2.24. The van der Waals surface area contributed by atoms with Gasteiger partial charge in [0.25, 0.3) is 0 Å². The molecular formula is C19H32FN3.